The molecule has 0 spiro atoms. The Morgan fingerprint density at radius 1 is 1.59 bits per heavy atom. The molecule has 1 rings (SSSR count). The highest BCUT2D eigenvalue weighted by molar-refractivity contribution is 5.70. The molecule has 0 bridgehead atoms. The molecule has 0 aliphatic heterocycles. The van der Waals surface area contributed by atoms with Crippen molar-refractivity contribution in [1.82, 2.24) is 4.98 Å². The van der Waals surface area contributed by atoms with Crippen molar-refractivity contribution in [2.45, 2.75) is 20.3 Å². The zero-order valence-electron chi connectivity index (χ0n) is 10.6. The number of aryl methyl sites for hydroxylation is 1. The summed E-state index contributed by atoms with van der Waals surface area (Å²) < 4.78 is 4.88. The van der Waals surface area contributed by atoms with Crippen molar-refractivity contribution < 1.29 is 9.53 Å². The van der Waals surface area contributed by atoms with Gasteiger partial charge >= 0.3 is 5.97 Å². The van der Waals surface area contributed by atoms with Crippen molar-refractivity contribution in [1.29, 1.82) is 0 Å². The minimum absolute atomic E-state index is 0.180. The number of esters is 1. The largest absolute Gasteiger partial charge is 0.466 e. The number of hydrogen-bond acceptors (Lipinski definition) is 5. The summed E-state index contributed by atoms with van der Waals surface area (Å²) in [6, 6.07) is 1.82. The Kier molecular flexibility index (Phi) is 4.75. The quantitative estimate of drug-likeness (QED) is 0.783. The number of pyridine rings is 1. The molecule has 0 aliphatic rings. The van der Waals surface area contributed by atoms with Gasteiger partial charge in [0.2, 0.25) is 0 Å². The van der Waals surface area contributed by atoms with Gasteiger partial charge in [-0.05, 0) is 25.5 Å². The number of nitrogens with two attached hydrogens (primary N) is 1. The summed E-state index contributed by atoms with van der Waals surface area (Å²) in [7, 11) is 1.92. The molecule has 0 atom stereocenters. The molecule has 1 aromatic rings. The van der Waals surface area contributed by atoms with Crippen molar-refractivity contribution >= 4 is 17.5 Å². The molecular weight excluding hydrogens is 218 g/mol. The molecule has 5 nitrogen and oxygen atoms in total. The van der Waals surface area contributed by atoms with Gasteiger partial charge in [-0.2, -0.15) is 0 Å². The van der Waals surface area contributed by atoms with E-state index in [4.69, 9.17) is 10.5 Å². The molecule has 94 valence electrons. The molecule has 5 heteroatoms. The van der Waals surface area contributed by atoms with E-state index in [0.717, 1.165) is 11.3 Å². The Bertz CT molecular complexity index is 393. The second-order valence-corrected chi connectivity index (χ2v) is 3.87. The van der Waals surface area contributed by atoms with Gasteiger partial charge in [-0.1, -0.05) is 0 Å². The van der Waals surface area contributed by atoms with Gasteiger partial charge in [0.25, 0.3) is 0 Å². The average Bonchev–Trinajstić information content (AvgIpc) is 2.26. The molecule has 0 saturated carbocycles. The summed E-state index contributed by atoms with van der Waals surface area (Å²) in [5.74, 6) is 0.324. The topological polar surface area (TPSA) is 68.5 Å². The predicted octanol–water partition coefficient (Wildman–Crippen LogP) is 1.36. The van der Waals surface area contributed by atoms with Crippen molar-refractivity contribution in [3.05, 3.63) is 17.8 Å². The van der Waals surface area contributed by atoms with Crippen LogP contribution in [0.2, 0.25) is 0 Å². The van der Waals surface area contributed by atoms with Crippen LogP contribution >= 0.6 is 0 Å². The van der Waals surface area contributed by atoms with Crippen LogP contribution < -0.4 is 10.6 Å². The van der Waals surface area contributed by atoms with Gasteiger partial charge in [0, 0.05) is 13.6 Å². The SMILES string of the molecule is CCOC(=O)CCN(C)c1cnc(N)cc1C. The summed E-state index contributed by atoms with van der Waals surface area (Å²) in [5.41, 5.74) is 7.61. The van der Waals surface area contributed by atoms with E-state index >= 15 is 0 Å². The minimum atomic E-state index is -0.180. The normalized spacial score (nSPS) is 10.1. The molecule has 0 amide bonds. The monoisotopic (exact) mass is 237 g/mol. The van der Waals surface area contributed by atoms with Crippen LogP contribution in [0.15, 0.2) is 12.3 Å². The van der Waals surface area contributed by atoms with Gasteiger partial charge in [-0.15, -0.1) is 0 Å². The zero-order valence-corrected chi connectivity index (χ0v) is 10.6. The summed E-state index contributed by atoms with van der Waals surface area (Å²) in [6.07, 6.45) is 2.09. The van der Waals surface area contributed by atoms with Crippen LogP contribution in [0, 0.1) is 6.92 Å². The van der Waals surface area contributed by atoms with Crippen molar-refractivity contribution in [2.75, 3.05) is 30.8 Å². The van der Waals surface area contributed by atoms with Crippen molar-refractivity contribution in [2.24, 2.45) is 0 Å². The van der Waals surface area contributed by atoms with E-state index in [1.165, 1.54) is 0 Å². The number of ether oxygens (including phenoxy) is 1. The van der Waals surface area contributed by atoms with Crippen LogP contribution in [0.3, 0.4) is 0 Å². The number of carbonyl (C=O) groups excluding carboxylic acids is 1. The van der Waals surface area contributed by atoms with Gasteiger partial charge in [-0.25, -0.2) is 4.98 Å². The lowest BCUT2D eigenvalue weighted by atomic mass is 10.2. The third-order valence-corrected chi connectivity index (χ3v) is 2.47. The van der Waals surface area contributed by atoms with E-state index < -0.39 is 0 Å². The lowest BCUT2D eigenvalue weighted by molar-refractivity contribution is -0.142. The molecule has 0 fully saturated rings. The maximum absolute atomic E-state index is 11.2. The molecule has 1 heterocycles. The maximum Gasteiger partial charge on any atom is 0.307 e. The smallest absolute Gasteiger partial charge is 0.307 e. The number of anilines is 2. The molecule has 0 aliphatic carbocycles. The summed E-state index contributed by atoms with van der Waals surface area (Å²) in [5, 5.41) is 0. The Balaban J connectivity index is 2.57. The molecule has 1 aromatic heterocycles. The van der Waals surface area contributed by atoms with Crippen LogP contribution in [-0.2, 0) is 9.53 Å². The van der Waals surface area contributed by atoms with E-state index in [1.54, 1.807) is 13.1 Å². The second-order valence-electron chi connectivity index (χ2n) is 3.87. The molecule has 2 N–H and O–H groups in total. The van der Waals surface area contributed by atoms with Gasteiger partial charge in [0.15, 0.2) is 0 Å². The summed E-state index contributed by atoms with van der Waals surface area (Å²) in [6.45, 7) is 4.79. The molecule has 17 heavy (non-hydrogen) atoms. The third-order valence-electron chi connectivity index (χ3n) is 2.47. The molecule has 0 saturated heterocycles. The van der Waals surface area contributed by atoms with Crippen LogP contribution in [0.25, 0.3) is 0 Å². The number of aromatic nitrogens is 1. The summed E-state index contributed by atoms with van der Waals surface area (Å²) >= 11 is 0. The first kappa shape index (κ1) is 13.3. The van der Waals surface area contributed by atoms with Crippen LogP contribution in [0.5, 0.6) is 0 Å². The van der Waals surface area contributed by atoms with E-state index in [-0.39, 0.29) is 5.97 Å². The Hall–Kier alpha value is -1.78. The molecule has 0 unspecified atom stereocenters. The molecule has 0 radical (unpaired) electrons. The highest BCUT2D eigenvalue weighted by atomic mass is 16.5. The van der Waals surface area contributed by atoms with Crippen molar-refractivity contribution in [3.63, 3.8) is 0 Å². The van der Waals surface area contributed by atoms with Gasteiger partial charge in [0.05, 0.1) is 24.9 Å². The Morgan fingerprint density at radius 3 is 2.88 bits per heavy atom. The maximum atomic E-state index is 11.2. The van der Waals surface area contributed by atoms with Gasteiger partial charge in [0.1, 0.15) is 5.82 Å². The number of rotatable bonds is 5. The highest BCUT2D eigenvalue weighted by Crippen LogP contribution is 2.19. The average molecular weight is 237 g/mol. The van der Waals surface area contributed by atoms with Gasteiger partial charge < -0.3 is 15.4 Å². The third kappa shape index (κ3) is 3.94. The fraction of sp³-hybridized carbons (Fsp3) is 0.500. The number of carbonyl (C=O) groups is 1. The highest BCUT2D eigenvalue weighted by Gasteiger charge is 2.08. The van der Waals surface area contributed by atoms with Crippen LogP contribution in [0.1, 0.15) is 18.9 Å². The lowest BCUT2D eigenvalue weighted by Crippen LogP contribution is -2.23. The van der Waals surface area contributed by atoms with Crippen molar-refractivity contribution in [3.8, 4) is 0 Å². The van der Waals surface area contributed by atoms with E-state index in [1.807, 2.05) is 24.9 Å². The first-order chi connectivity index (χ1) is 8.04. The summed E-state index contributed by atoms with van der Waals surface area (Å²) in [4.78, 5) is 17.2. The fourth-order valence-corrected chi connectivity index (χ4v) is 1.58. The zero-order chi connectivity index (χ0) is 12.8. The predicted molar refractivity (Wildman–Crippen MR) is 67.9 cm³/mol. The van der Waals surface area contributed by atoms with Crippen LogP contribution in [0.4, 0.5) is 11.5 Å². The minimum Gasteiger partial charge on any atom is -0.466 e. The molecule has 0 aromatic carbocycles. The Morgan fingerprint density at radius 2 is 2.29 bits per heavy atom. The lowest BCUT2D eigenvalue weighted by Gasteiger charge is -2.20. The standard InChI is InChI=1S/C12H19N3O2/c1-4-17-12(16)5-6-15(3)10-8-14-11(13)7-9(10)2/h7-8H,4-6H2,1-3H3,(H2,13,14). The Labute approximate surface area is 102 Å². The number of nitrogens with zero attached hydrogens (tertiary/aromatic N) is 2. The van der Waals surface area contributed by atoms with Gasteiger partial charge in [-0.3, -0.25) is 4.79 Å². The second kappa shape index (κ2) is 6.08. The number of nitrogen functional groups attached to an aromatic ring is 1. The van der Waals surface area contributed by atoms with E-state index in [0.29, 0.717) is 25.4 Å². The fourth-order valence-electron chi connectivity index (χ4n) is 1.58. The first-order valence-electron chi connectivity index (χ1n) is 5.63. The first-order valence-corrected chi connectivity index (χ1v) is 5.63. The molecular formula is C12H19N3O2. The van der Waals surface area contributed by atoms with E-state index in [2.05, 4.69) is 4.98 Å². The van der Waals surface area contributed by atoms with E-state index in [9.17, 15) is 4.79 Å². The number of hydrogen-bond donors (Lipinski definition) is 1. The van der Waals surface area contributed by atoms with Crippen LogP contribution in [-0.4, -0.2) is 31.2 Å².